The molecule has 2 heterocycles. The molecule has 4 heteroatoms. The Morgan fingerprint density at radius 1 is 1.30 bits per heavy atom. The number of thiazole rings is 1. The van der Waals surface area contributed by atoms with Gasteiger partial charge in [0.15, 0.2) is 0 Å². The summed E-state index contributed by atoms with van der Waals surface area (Å²) in [5, 5.41) is 3.21. The minimum Gasteiger partial charge on any atom is -0.368 e. The molecule has 1 aliphatic rings. The van der Waals surface area contributed by atoms with Gasteiger partial charge < -0.3 is 10.5 Å². The Labute approximate surface area is 123 Å². The smallest absolute Gasteiger partial charge is 0.125 e. The first-order valence-electron chi connectivity index (χ1n) is 7.11. The Balaban J connectivity index is 1.85. The van der Waals surface area contributed by atoms with Gasteiger partial charge in [-0.2, -0.15) is 0 Å². The third kappa shape index (κ3) is 2.64. The van der Waals surface area contributed by atoms with Crippen LogP contribution in [0.25, 0.3) is 11.3 Å². The van der Waals surface area contributed by atoms with Gasteiger partial charge in [-0.25, -0.2) is 4.98 Å². The monoisotopic (exact) mass is 288 g/mol. The van der Waals surface area contributed by atoms with Gasteiger partial charge in [-0.15, -0.1) is 11.3 Å². The summed E-state index contributed by atoms with van der Waals surface area (Å²) < 4.78 is 5.97. The Morgan fingerprint density at radius 2 is 2.10 bits per heavy atom. The maximum Gasteiger partial charge on any atom is 0.125 e. The molecule has 0 amide bonds. The van der Waals surface area contributed by atoms with Gasteiger partial charge in [-0.05, 0) is 31.7 Å². The second kappa shape index (κ2) is 5.64. The van der Waals surface area contributed by atoms with Gasteiger partial charge in [0, 0.05) is 24.1 Å². The zero-order valence-corrected chi connectivity index (χ0v) is 12.6. The Morgan fingerprint density at radius 3 is 2.75 bits per heavy atom. The van der Waals surface area contributed by atoms with E-state index in [-0.39, 0.29) is 5.60 Å². The van der Waals surface area contributed by atoms with Crippen molar-refractivity contribution in [2.24, 2.45) is 5.73 Å². The van der Waals surface area contributed by atoms with E-state index in [0.29, 0.717) is 6.54 Å². The van der Waals surface area contributed by atoms with Crippen molar-refractivity contribution in [3.8, 4) is 11.3 Å². The van der Waals surface area contributed by atoms with E-state index in [1.807, 2.05) is 0 Å². The molecule has 1 aliphatic heterocycles. The maximum atomic E-state index is 5.97. The molecule has 0 radical (unpaired) electrons. The number of ether oxygens (including phenoxy) is 1. The van der Waals surface area contributed by atoms with Gasteiger partial charge in [-0.1, -0.05) is 24.3 Å². The summed E-state index contributed by atoms with van der Waals surface area (Å²) in [5.41, 5.74) is 8.75. The molecular formula is C16H20N2OS. The minimum atomic E-state index is -0.196. The predicted molar refractivity (Wildman–Crippen MR) is 82.6 cm³/mol. The average Bonchev–Trinajstić information content (AvgIpc) is 2.99. The Hall–Kier alpha value is -1.23. The van der Waals surface area contributed by atoms with Crippen LogP contribution in [0.5, 0.6) is 0 Å². The van der Waals surface area contributed by atoms with Crippen molar-refractivity contribution in [3.05, 3.63) is 40.2 Å². The van der Waals surface area contributed by atoms with Crippen LogP contribution >= 0.6 is 11.3 Å². The fourth-order valence-electron chi connectivity index (χ4n) is 2.56. The lowest BCUT2D eigenvalue weighted by Crippen LogP contribution is -2.29. The number of hydrogen-bond acceptors (Lipinski definition) is 4. The Bertz CT molecular complexity index is 570. The van der Waals surface area contributed by atoms with Crippen LogP contribution in [-0.2, 0) is 16.9 Å². The summed E-state index contributed by atoms with van der Waals surface area (Å²) in [6.07, 6.45) is 3.44. The average molecular weight is 288 g/mol. The SMILES string of the molecule is CC1(c2nc(-c3ccc(CN)cc3)cs2)CCCCO1. The normalized spacial score (nSPS) is 22.9. The van der Waals surface area contributed by atoms with Gasteiger partial charge in [0.25, 0.3) is 0 Å². The van der Waals surface area contributed by atoms with Gasteiger partial charge in [0.05, 0.1) is 5.69 Å². The topological polar surface area (TPSA) is 48.1 Å². The fourth-order valence-corrected chi connectivity index (χ4v) is 3.54. The molecule has 0 bridgehead atoms. The highest BCUT2D eigenvalue weighted by Gasteiger charge is 2.32. The minimum absolute atomic E-state index is 0.196. The lowest BCUT2D eigenvalue weighted by atomic mass is 9.97. The van der Waals surface area contributed by atoms with E-state index in [2.05, 4.69) is 36.6 Å². The van der Waals surface area contributed by atoms with Crippen LogP contribution in [0.4, 0.5) is 0 Å². The highest BCUT2D eigenvalue weighted by Crippen LogP contribution is 2.37. The molecule has 0 spiro atoms. The van der Waals surface area contributed by atoms with Crippen molar-refractivity contribution in [3.63, 3.8) is 0 Å². The van der Waals surface area contributed by atoms with Crippen LogP contribution in [-0.4, -0.2) is 11.6 Å². The quantitative estimate of drug-likeness (QED) is 0.937. The Kier molecular flexibility index (Phi) is 3.87. The second-order valence-electron chi connectivity index (χ2n) is 5.48. The van der Waals surface area contributed by atoms with Crippen molar-refractivity contribution >= 4 is 11.3 Å². The lowest BCUT2D eigenvalue weighted by molar-refractivity contribution is -0.0701. The van der Waals surface area contributed by atoms with Crippen molar-refractivity contribution in [2.45, 2.75) is 38.3 Å². The van der Waals surface area contributed by atoms with Gasteiger partial charge >= 0.3 is 0 Å². The van der Waals surface area contributed by atoms with E-state index in [4.69, 9.17) is 15.5 Å². The summed E-state index contributed by atoms with van der Waals surface area (Å²) in [4.78, 5) is 4.79. The lowest BCUT2D eigenvalue weighted by Gasteiger charge is -2.31. The molecular weight excluding hydrogens is 268 g/mol. The van der Waals surface area contributed by atoms with Crippen LogP contribution in [0.15, 0.2) is 29.6 Å². The summed E-state index contributed by atoms with van der Waals surface area (Å²) in [6, 6.07) is 8.30. The van der Waals surface area contributed by atoms with Crippen LogP contribution in [0.1, 0.15) is 36.8 Å². The number of nitrogens with zero attached hydrogens (tertiary/aromatic N) is 1. The molecule has 20 heavy (non-hydrogen) atoms. The molecule has 2 N–H and O–H groups in total. The first-order valence-corrected chi connectivity index (χ1v) is 7.98. The van der Waals surface area contributed by atoms with Crippen molar-refractivity contribution in [1.29, 1.82) is 0 Å². The van der Waals surface area contributed by atoms with E-state index in [1.165, 1.54) is 6.42 Å². The molecule has 0 aliphatic carbocycles. The van der Waals surface area contributed by atoms with Crippen molar-refractivity contribution < 1.29 is 4.74 Å². The first kappa shape index (κ1) is 13.7. The van der Waals surface area contributed by atoms with Crippen molar-refractivity contribution in [1.82, 2.24) is 4.98 Å². The van der Waals surface area contributed by atoms with Gasteiger partial charge in [-0.3, -0.25) is 0 Å². The largest absolute Gasteiger partial charge is 0.368 e. The summed E-state index contributed by atoms with van der Waals surface area (Å²) in [7, 11) is 0. The highest BCUT2D eigenvalue weighted by atomic mass is 32.1. The van der Waals surface area contributed by atoms with Gasteiger partial charge in [0.2, 0.25) is 0 Å². The number of benzene rings is 1. The molecule has 106 valence electrons. The van der Waals surface area contributed by atoms with Crippen LogP contribution < -0.4 is 5.73 Å². The molecule has 1 atom stereocenters. The molecule has 1 saturated heterocycles. The maximum absolute atomic E-state index is 5.97. The molecule has 1 unspecified atom stereocenters. The van der Waals surface area contributed by atoms with Gasteiger partial charge in [0.1, 0.15) is 10.6 Å². The molecule has 3 rings (SSSR count). The molecule has 1 fully saturated rings. The number of rotatable bonds is 3. The summed E-state index contributed by atoms with van der Waals surface area (Å²) in [5.74, 6) is 0. The van der Waals surface area contributed by atoms with E-state index < -0.39 is 0 Å². The van der Waals surface area contributed by atoms with Crippen LogP contribution in [0.2, 0.25) is 0 Å². The summed E-state index contributed by atoms with van der Waals surface area (Å²) in [6.45, 7) is 3.58. The van der Waals surface area contributed by atoms with E-state index >= 15 is 0 Å². The van der Waals surface area contributed by atoms with Crippen LogP contribution in [0, 0.1) is 0 Å². The van der Waals surface area contributed by atoms with E-state index in [1.54, 1.807) is 11.3 Å². The fraction of sp³-hybridized carbons (Fsp3) is 0.438. The number of aromatic nitrogens is 1. The third-order valence-electron chi connectivity index (χ3n) is 3.91. The van der Waals surface area contributed by atoms with E-state index in [9.17, 15) is 0 Å². The van der Waals surface area contributed by atoms with E-state index in [0.717, 1.165) is 41.3 Å². The first-order chi connectivity index (χ1) is 9.71. The standard InChI is InChI=1S/C16H20N2OS/c1-16(8-2-3-9-19-16)15-18-14(11-20-15)13-6-4-12(10-17)5-7-13/h4-7,11H,2-3,8-10,17H2,1H3. The number of hydrogen-bond donors (Lipinski definition) is 1. The zero-order chi connectivity index (χ0) is 14.0. The number of nitrogens with two attached hydrogens (primary N) is 1. The zero-order valence-electron chi connectivity index (χ0n) is 11.8. The van der Waals surface area contributed by atoms with Crippen LogP contribution in [0.3, 0.4) is 0 Å². The second-order valence-corrected chi connectivity index (χ2v) is 6.33. The molecule has 3 nitrogen and oxygen atoms in total. The summed E-state index contributed by atoms with van der Waals surface area (Å²) >= 11 is 1.70. The predicted octanol–water partition coefficient (Wildman–Crippen LogP) is 3.68. The highest BCUT2D eigenvalue weighted by molar-refractivity contribution is 7.10. The molecule has 2 aromatic rings. The van der Waals surface area contributed by atoms with Crippen molar-refractivity contribution in [2.75, 3.05) is 6.61 Å². The molecule has 1 aromatic heterocycles. The molecule has 0 saturated carbocycles. The third-order valence-corrected chi connectivity index (χ3v) is 5.00. The molecule has 1 aromatic carbocycles.